The Morgan fingerprint density at radius 3 is 2.14 bits per heavy atom. The lowest BCUT2D eigenvalue weighted by molar-refractivity contribution is -0.142. The van der Waals surface area contributed by atoms with E-state index in [-0.39, 0.29) is 11.8 Å². The lowest BCUT2D eigenvalue weighted by atomic mass is 9.91. The number of benzene rings is 1. The number of aryl methyl sites for hydroxylation is 2. The van der Waals surface area contributed by atoms with Gasteiger partial charge in [-0.15, -0.1) is 0 Å². The fraction of sp³-hybridized carbons (Fsp3) is 0.556. The molecule has 2 N–H and O–H groups in total. The van der Waals surface area contributed by atoms with Crippen molar-refractivity contribution in [3.8, 4) is 0 Å². The van der Waals surface area contributed by atoms with Crippen LogP contribution in [0.1, 0.15) is 49.8 Å². The minimum absolute atomic E-state index is 0.148. The second-order valence-corrected chi connectivity index (χ2v) is 6.95. The average molecular weight is 303 g/mol. The molecule has 1 saturated carbocycles. The van der Waals surface area contributed by atoms with Crippen LogP contribution in [0.4, 0.5) is 0 Å². The molecule has 120 valence electrons. The van der Waals surface area contributed by atoms with E-state index in [4.69, 9.17) is 0 Å². The van der Waals surface area contributed by atoms with Crippen LogP contribution in [-0.2, 0) is 15.0 Å². The van der Waals surface area contributed by atoms with Gasteiger partial charge in [-0.3, -0.25) is 4.79 Å². The molecule has 1 amide bonds. The van der Waals surface area contributed by atoms with Gasteiger partial charge in [0.05, 0.1) is 5.41 Å². The van der Waals surface area contributed by atoms with Crippen molar-refractivity contribution in [1.82, 2.24) is 5.32 Å². The fourth-order valence-corrected chi connectivity index (χ4v) is 3.01. The topological polar surface area (TPSA) is 66.4 Å². The first-order valence-electron chi connectivity index (χ1n) is 7.87. The number of carboxylic acids is 1. The Hall–Kier alpha value is -1.84. The number of carbonyl (C=O) groups is 2. The second-order valence-electron chi connectivity index (χ2n) is 6.95. The first kappa shape index (κ1) is 16.5. The van der Waals surface area contributed by atoms with Gasteiger partial charge in [-0.1, -0.05) is 43.2 Å². The highest BCUT2D eigenvalue weighted by Gasteiger charge is 2.52. The number of rotatable bonds is 6. The molecule has 0 aliphatic heterocycles. The summed E-state index contributed by atoms with van der Waals surface area (Å²) in [4.78, 5) is 24.0. The maximum absolute atomic E-state index is 12.7. The first-order valence-corrected chi connectivity index (χ1v) is 7.87. The van der Waals surface area contributed by atoms with Gasteiger partial charge in [-0.05, 0) is 44.6 Å². The molecule has 0 unspecified atom stereocenters. The average Bonchev–Trinajstić information content (AvgIpc) is 3.17. The van der Waals surface area contributed by atoms with Gasteiger partial charge in [0.25, 0.3) is 0 Å². The van der Waals surface area contributed by atoms with Crippen molar-refractivity contribution in [2.75, 3.05) is 0 Å². The molecule has 0 bridgehead atoms. The summed E-state index contributed by atoms with van der Waals surface area (Å²) in [6.07, 6.45) is 2.02. The first-order chi connectivity index (χ1) is 10.2. The summed E-state index contributed by atoms with van der Waals surface area (Å²) < 4.78 is 0. The zero-order chi connectivity index (χ0) is 16.5. The third kappa shape index (κ3) is 3.49. The van der Waals surface area contributed by atoms with E-state index in [0.29, 0.717) is 6.42 Å². The molecule has 1 aromatic carbocycles. The highest BCUT2D eigenvalue weighted by molar-refractivity contribution is 5.94. The molecule has 4 nitrogen and oxygen atoms in total. The van der Waals surface area contributed by atoms with Crippen LogP contribution in [0, 0.1) is 19.8 Å². The molecule has 1 aromatic rings. The van der Waals surface area contributed by atoms with E-state index in [9.17, 15) is 14.7 Å². The van der Waals surface area contributed by atoms with Gasteiger partial charge in [-0.25, -0.2) is 4.79 Å². The van der Waals surface area contributed by atoms with Gasteiger partial charge in [0.15, 0.2) is 0 Å². The summed E-state index contributed by atoms with van der Waals surface area (Å²) in [6.45, 7) is 7.95. The number of hydrogen-bond donors (Lipinski definition) is 2. The van der Waals surface area contributed by atoms with Crippen molar-refractivity contribution in [2.45, 2.75) is 58.4 Å². The smallest absolute Gasteiger partial charge is 0.326 e. The normalized spacial score (nSPS) is 17.1. The highest BCUT2D eigenvalue weighted by Crippen LogP contribution is 2.49. The molecule has 1 aliphatic carbocycles. The van der Waals surface area contributed by atoms with Crippen LogP contribution < -0.4 is 5.32 Å². The molecule has 4 heteroatoms. The Morgan fingerprint density at radius 1 is 1.18 bits per heavy atom. The lowest BCUT2D eigenvalue weighted by Crippen LogP contribution is -2.46. The van der Waals surface area contributed by atoms with Gasteiger partial charge >= 0.3 is 5.97 Å². The van der Waals surface area contributed by atoms with E-state index >= 15 is 0 Å². The molecule has 0 spiro atoms. The Morgan fingerprint density at radius 2 is 1.73 bits per heavy atom. The largest absolute Gasteiger partial charge is 0.480 e. The van der Waals surface area contributed by atoms with Crippen LogP contribution in [0.25, 0.3) is 0 Å². The Bertz CT molecular complexity index is 568. The van der Waals surface area contributed by atoms with Crippen LogP contribution in [0.15, 0.2) is 18.2 Å². The van der Waals surface area contributed by atoms with Crippen LogP contribution in [0.3, 0.4) is 0 Å². The summed E-state index contributed by atoms with van der Waals surface area (Å²) in [5.41, 5.74) is 2.75. The quantitative estimate of drug-likeness (QED) is 0.849. The fourth-order valence-electron chi connectivity index (χ4n) is 3.01. The molecular formula is C18H25NO3. The standard InChI is InChI=1S/C18H25NO3/c1-11(2)7-15(16(20)21)19-17(22)18(5-6-18)14-9-12(3)8-13(4)10-14/h8-11,15H,5-7H2,1-4H3,(H,19,22)(H,20,21)/t15-/m1/s1. The Kier molecular flexibility index (Phi) is 4.59. The molecule has 0 radical (unpaired) electrons. The number of carboxylic acid groups (broad SMARTS) is 1. The summed E-state index contributed by atoms with van der Waals surface area (Å²) in [7, 11) is 0. The van der Waals surface area contributed by atoms with Gasteiger partial charge < -0.3 is 10.4 Å². The van der Waals surface area contributed by atoms with E-state index in [1.807, 2.05) is 39.8 Å². The summed E-state index contributed by atoms with van der Waals surface area (Å²) in [5, 5.41) is 12.1. The monoisotopic (exact) mass is 303 g/mol. The van der Waals surface area contributed by atoms with Gasteiger partial charge in [-0.2, -0.15) is 0 Å². The summed E-state index contributed by atoms with van der Waals surface area (Å²) in [6, 6.07) is 5.35. The Labute approximate surface area is 131 Å². The van der Waals surface area contributed by atoms with Crippen LogP contribution in [-0.4, -0.2) is 23.0 Å². The molecule has 0 heterocycles. The predicted octanol–water partition coefficient (Wildman–Crippen LogP) is 2.95. The van der Waals surface area contributed by atoms with Crippen LogP contribution >= 0.6 is 0 Å². The minimum Gasteiger partial charge on any atom is -0.480 e. The third-order valence-corrected chi connectivity index (χ3v) is 4.27. The number of amides is 1. The zero-order valence-electron chi connectivity index (χ0n) is 13.8. The van der Waals surface area contributed by atoms with E-state index in [1.54, 1.807) is 0 Å². The maximum Gasteiger partial charge on any atom is 0.326 e. The van der Waals surface area contributed by atoms with Crippen molar-refractivity contribution in [1.29, 1.82) is 0 Å². The molecule has 22 heavy (non-hydrogen) atoms. The molecular weight excluding hydrogens is 278 g/mol. The maximum atomic E-state index is 12.7. The third-order valence-electron chi connectivity index (χ3n) is 4.27. The lowest BCUT2D eigenvalue weighted by Gasteiger charge is -2.22. The van der Waals surface area contributed by atoms with E-state index in [2.05, 4.69) is 11.4 Å². The molecule has 1 aliphatic rings. The number of hydrogen-bond acceptors (Lipinski definition) is 2. The molecule has 0 aromatic heterocycles. The van der Waals surface area contributed by atoms with Crippen LogP contribution in [0.5, 0.6) is 0 Å². The van der Waals surface area contributed by atoms with Crippen molar-refractivity contribution >= 4 is 11.9 Å². The molecule has 2 rings (SSSR count). The van der Waals surface area contributed by atoms with Gasteiger partial charge in [0.2, 0.25) is 5.91 Å². The SMILES string of the molecule is Cc1cc(C)cc(C2(C(=O)N[C@H](CC(C)C)C(=O)O)CC2)c1. The van der Waals surface area contributed by atoms with Crippen molar-refractivity contribution in [3.05, 3.63) is 34.9 Å². The summed E-state index contributed by atoms with van der Waals surface area (Å²) in [5.74, 6) is -0.887. The highest BCUT2D eigenvalue weighted by atomic mass is 16.4. The van der Waals surface area contributed by atoms with Crippen molar-refractivity contribution in [2.24, 2.45) is 5.92 Å². The van der Waals surface area contributed by atoms with Crippen molar-refractivity contribution in [3.63, 3.8) is 0 Å². The Balaban J connectivity index is 2.19. The van der Waals surface area contributed by atoms with Gasteiger partial charge in [0, 0.05) is 0 Å². The number of carbonyl (C=O) groups excluding carboxylic acids is 1. The molecule has 0 saturated heterocycles. The second kappa shape index (κ2) is 6.11. The van der Waals surface area contributed by atoms with E-state index in [1.165, 1.54) is 0 Å². The molecule has 1 fully saturated rings. The van der Waals surface area contributed by atoms with Gasteiger partial charge in [0.1, 0.15) is 6.04 Å². The van der Waals surface area contributed by atoms with E-state index < -0.39 is 17.4 Å². The molecule has 1 atom stereocenters. The van der Waals surface area contributed by atoms with Crippen LogP contribution in [0.2, 0.25) is 0 Å². The zero-order valence-corrected chi connectivity index (χ0v) is 13.8. The van der Waals surface area contributed by atoms with E-state index in [0.717, 1.165) is 29.5 Å². The van der Waals surface area contributed by atoms with Crippen molar-refractivity contribution < 1.29 is 14.7 Å². The summed E-state index contributed by atoms with van der Waals surface area (Å²) >= 11 is 0. The predicted molar refractivity (Wildman–Crippen MR) is 85.8 cm³/mol. The number of nitrogens with one attached hydrogen (secondary N) is 1. The minimum atomic E-state index is -0.960. The number of aliphatic carboxylic acids is 1.